The average Bonchev–Trinajstić information content (AvgIpc) is 3.47. The summed E-state index contributed by atoms with van der Waals surface area (Å²) in [5.41, 5.74) is 19.8. The number of hydrogen-bond acceptors (Lipinski definition) is 3. The molecule has 0 aromatic heterocycles. The van der Waals surface area contributed by atoms with Crippen molar-refractivity contribution in [1.82, 2.24) is 0 Å². The van der Waals surface area contributed by atoms with E-state index in [2.05, 4.69) is 234 Å². The molecule has 0 atom stereocenters. The van der Waals surface area contributed by atoms with Gasteiger partial charge in [-0.15, -0.1) is 0 Å². The van der Waals surface area contributed by atoms with Gasteiger partial charge in [-0.2, -0.15) is 0 Å². The van der Waals surface area contributed by atoms with E-state index in [9.17, 15) is 1.37 Å². The van der Waals surface area contributed by atoms with E-state index in [0.717, 1.165) is 56.5 Å². The first-order chi connectivity index (χ1) is 30.9. The lowest BCUT2D eigenvalue weighted by atomic mass is 9.33. The Morgan fingerprint density at radius 3 is 1.62 bits per heavy atom. The molecule has 0 spiro atoms. The molecular weight excluding hydrogens is 787 g/mol. The summed E-state index contributed by atoms with van der Waals surface area (Å²) in [6.07, 6.45) is 0. The summed E-state index contributed by atoms with van der Waals surface area (Å²) in [4.78, 5) is 5.04. The van der Waals surface area contributed by atoms with Crippen LogP contribution in [-0.4, -0.2) is 6.71 Å². The van der Waals surface area contributed by atoms with Gasteiger partial charge >= 0.3 is 0 Å². The summed E-state index contributed by atoms with van der Waals surface area (Å²) in [5, 5.41) is 0. The molecule has 7 aromatic carbocycles. The normalized spacial score (nSPS) is 15.0. The minimum Gasteiger partial charge on any atom is -0.458 e. The molecule has 65 heavy (non-hydrogen) atoms. The number of fused-ring (bicyclic) bond motifs is 7. The lowest BCUT2D eigenvalue weighted by molar-refractivity contribution is 0.486. The molecule has 10 rings (SSSR count). The van der Waals surface area contributed by atoms with Crippen LogP contribution in [0.3, 0.4) is 0 Å². The lowest BCUT2D eigenvalue weighted by Gasteiger charge is -2.44. The standard InChI is InChI=1S/C61H65BN2O/c1-57(2,3)38-22-29-42(30-23-38)63(43-31-24-39(25-32-43)58(4,5)6)56-53-46(45-18-15-16-19-47(45)61(53,13)14)37-49-55(56)64(44-33-26-40(27-34-44)59(7,8)9)50-20-17-21-52-54(50)62(49)48-36-41(60(10,11)12)28-35-51(48)65-52/h15-37H,1-14H3/i17D. The molecule has 0 unspecified atom stereocenters. The van der Waals surface area contributed by atoms with Crippen LogP contribution in [0.1, 0.15) is 132 Å². The van der Waals surface area contributed by atoms with Crippen molar-refractivity contribution in [1.29, 1.82) is 0 Å². The van der Waals surface area contributed by atoms with Crippen LogP contribution in [0.4, 0.5) is 34.1 Å². The SMILES string of the molecule is [2H]c1cc2c3c(c1)N(c1ccc(C(C)(C)C)cc1)c1c(cc4c(c1N(c1ccc(C(C)(C)C)cc1)c1ccc(C(C)(C)C)cc1)C(C)(C)c1ccccc1-4)B3c1cc(C(C)(C)C)ccc1O2. The largest absolute Gasteiger partial charge is 0.458 e. The highest BCUT2D eigenvalue weighted by molar-refractivity contribution is 6.99. The van der Waals surface area contributed by atoms with Crippen molar-refractivity contribution >= 4 is 57.2 Å². The summed E-state index contributed by atoms with van der Waals surface area (Å²) in [5.74, 6) is 1.59. The predicted octanol–water partition coefficient (Wildman–Crippen LogP) is 15.1. The van der Waals surface area contributed by atoms with Crippen molar-refractivity contribution in [3.8, 4) is 22.6 Å². The Hall–Kier alpha value is -6.00. The third-order valence-corrected chi connectivity index (χ3v) is 14.5. The van der Waals surface area contributed by atoms with Crippen LogP contribution >= 0.6 is 0 Å². The van der Waals surface area contributed by atoms with Crippen LogP contribution < -0.4 is 30.9 Å². The average molecular weight is 854 g/mol. The maximum atomic E-state index is 9.43. The van der Waals surface area contributed by atoms with Gasteiger partial charge in [0.2, 0.25) is 0 Å². The first-order valence-electron chi connectivity index (χ1n) is 24.1. The molecular formula is C61H65BN2O. The highest BCUT2D eigenvalue weighted by Gasteiger charge is 2.48. The van der Waals surface area contributed by atoms with Gasteiger partial charge in [0, 0.05) is 28.2 Å². The molecule has 0 amide bonds. The predicted molar refractivity (Wildman–Crippen MR) is 279 cm³/mol. The zero-order valence-electron chi connectivity index (χ0n) is 42.1. The molecule has 0 N–H and O–H groups in total. The molecule has 0 saturated carbocycles. The molecule has 7 aromatic rings. The number of benzene rings is 7. The quantitative estimate of drug-likeness (QED) is 0.164. The number of hydrogen-bond donors (Lipinski definition) is 0. The summed E-state index contributed by atoms with van der Waals surface area (Å²) in [6, 6.07) is 50.6. The van der Waals surface area contributed by atoms with E-state index in [-0.39, 0.29) is 33.8 Å². The smallest absolute Gasteiger partial charge is 0.256 e. The zero-order chi connectivity index (χ0) is 47.0. The van der Waals surface area contributed by atoms with Crippen molar-refractivity contribution in [3.63, 3.8) is 0 Å². The third kappa shape index (κ3) is 6.93. The van der Waals surface area contributed by atoms with Gasteiger partial charge in [-0.1, -0.05) is 182 Å². The van der Waals surface area contributed by atoms with Crippen LogP contribution in [0.5, 0.6) is 11.5 Å². The first-order valence-corrected chi connectivity index (χ1v) is 23.6. The van der Waals surface area contributed by atoms with E-state index in [1.54, 1.807) is 0 Å². The van der Waals surface area contributed by atoms with Gasteiger partial charge in [0.05, 0.1) is 12.7 Å². The van der Waals surface area contributed by atoms with E-state index in [1.807, 2.05) is 6.07 Å². The second-order valence-electron chi connectivity index (χ2n) is 23.5. The van der Waals surface area contributed by atoms with Crippen molar-refractivity contribution in [2.75, 3.05) is 9.80 Å². The molecule has 0 bridgehead atoms. The van der Waals surface area contributed by atoms with Gasteiger partial charge in [0.25, 0.3) is 6.71 Å². The summed E-state index contributed by atoms with van der Waals surface area (Å²) in [7, 11) is 0. The van der Waals surface area contributed by atoms with Gasteiger partial charge in [0.1, 0.15) is 11.5 Å². The van der Waals surface area contributed by atoms with Crippen molar-refractivity contribution in [2.45, 2.75) is 124 Å². The number of ether oxygens (including phenoxy) is 1. The van der Waals surface area contributed by atoms with Crippen LogP contribution in [0, 0.1) is 0 Å². The Labute approximate surface area is 391 Å². The van der Waals surface area contributed by atoms with E-state index in [0.29, 0.717) is 6.04 Å². The Morgan fingerprint density at radius 1 is 0.538 bits per heavy atom. The van der Waals surface area contributed by atoms with Crippen molar-refractivity contribution in [3.05, 3.63) is 173 Å². The second kappa shape index (κ2) is 14.5. The maximum Gasteiger partial charge on any atom is 0.256 e. The lowest BCUT2D eigenvalue weighted by Crippen LogP contribution is -2.60. The first kappa shape index (κ1) is 41.7. The third-order valence-electron chi connectivity index (χ3n) is 14.5. The Morgan fingerprint density at radius 2 is 1.06 bits per heavy atom. The highest BCUT2D eigenvalue weighted by atomic mass is 16.5. The van der Waals surface area contributed by atoms with E-state index in [1.165, 1.54) is 50.0 Å². The van der Waals surface area contributed by atoms with Gasteiger partial charge in [-0.3, -0.25) is 0 Å². The Kier molecular flexibility index (Phi) is 9.30. The molecule has 0 fully saturated rings. The minimum absolute atomic E-state index is 0.0116. The maximum absolute atomic E-state index is 9.43. The molecule has 2 heterocycles. The number of anilines is 6. The van der Waals surface area contributed by atoms with Crippen LogP contribution in [-0.2, 0) is 27.1 Å². The molecule has 3 nitrogen and oxygen atoms in total. The fraction of sp³-hybridized carbons (Fsp3) is 0.311. The Bertz CT molecular complexity index is 3010. The van der Waals surface area contributed by atoms with Crippen LogP contribution in [0.15, 0.2) is 140 Å². The monoisotopic (exact) mass is 854 g/mol. The van der Waals surface area contributed by atoms with Crippen LogP contribution in [0.2, 0.25) is 0 Å². The second-order valence-corrected chi connectivity index (χ2v) is 23.5. The van der Waals surface area contributed by atoms with Crippen molar-refractivity contribution in [2.24, 2.45) is 0 Å². The van der Waals surface area contributed by atoms with Gasteiger partial charge in [-0.05, 0) is 137 Å². The van der Waals surface area contributed by atoms with Gasteiger partial charge in [-0.25, -0.2) is 0 Å². The van der Waals surface area contributed by atoms with E-state index < -0.39 is 0 Å². The fourth-order valence-electron chi connectivity index (χ4n) is 10.7. The highest BCUT2D eigenvalue weighted by Crippen LogP contribution is 2.59. The topological polar surface area (TPSA) is 15.7 Å². The Balaban J connectivity index is 1.40. The fourth-order valence-corrected chi connectivity index (χ4v) is 10.7. The molecule has 4 heteroatoms. The molecule has 3 aliphatic rings. The summed E-state index contributed by atoms with van der Waals surface area (Å²) < 4.78 is 16.4. The summed E-state index contributed by atoms with van der Waals surface area (Å²) >= 11 is 0. The minimum atomic E-state index is -0.372. The van der Waals surface area contributed by atoms with Gasteiger partial charge in [0.15, 0.2) is 0 Å². The number of rotatable bonds is 4. The number of nitrogens with zero attached hydrogens (tertiary/aromatic N) is 2. The molecule has 1 aliphatic carbocycles. The van der Waals surface area contributed by atoms with Crippen molar-refractivity contribution < 1.29 is 6.11 Å². The molecule has 0 saturated heterocycles. The van der Waals surface area contributed by atoms with E-state index in [4.69, 9.17) is 4.74 Å². The molecule has 328 valence electrons. The molecule has 2 aliphatic heterocycles. The van der Waals surface area contributed by atoms with E-state index >= 15 is 0 Å². The van der Waals surface area contributed by atoms with Gasteiger partial charge < -0.3 is 14.5 Å². The zero-order valence-corrected chi connectivity index (χ0v) is 41.1. The van der Waals surface area contributed by atoms with Crippen LogP contribution in [0.25, 0.3) is 11.1 Å². The summed E-state index contributed by atoms with van der Waals surface area (Å²) in [6.45, 7) is 32.1. The molecule has 0 radical (unpaired) electrons.